The molecular weight excluding hydrogens is 403 g/mol. The summed E-state index contributed by atoms with van der Waals surface area (Å²) >= 11 is 0. The van der Waals surface area contributed by atoms with Gasteiger partial charge in [0, 0.05) is 0 Å². The molecule has 0 rings (SSSR count). The molecule has 2 N–H and O–H groups in total. The van der Waals surface area contributed by atoms with Crippen LogP contribution in [0.25, 0.3) is 0 Å². The summed E-state index contributed by atoms with van der Waals surface area (Å²) in [5.41, 5.74) is 0. The van der Waals surface area contributed by atoms with Crippen LogP contribution >= 0.6 is 0 Å². The molecule has 0 spiro atoms. The number of carbonyl (C=O) groups is 1. The molecule has 0 aromatic heterocycles. The van der Waals surface area contributed by atoms with Crippen LogP contribution in [0.2, 0.25) is 0 Å². The Bertz CT molecular complexity index is 194. The van der Waals surface area contributed by atoms with Crippen LogP contribution in [0, 0.1) is 0 Å². The van der Waals surface area contributed by atoms with Crippen LogP contribution in [0.4, 0.5) is 0 Å². The van der Waals surface area contributed by atoms with Crippen molar-refractivity contribution in [2.24, 2.45) is 0 Å². The Hall–Kier alpha value is 6.38. The van der Waals surface area contributed by atoms with Gasteiger partial charge in [0.05, 0.1) is 0 Å². The minimum atomic E-state index is -2.92. The van der Waals surface area contributed by atoms with Crippen molar-refractivity contribution in [1.29, 1.82) is 0 Å². The molecule has 0 aliphatic carbocycles. The molecule has 0 bridgehead atoms. The Labute approximate surface area is 344 Å². The third-order valence-corrected chi connectivity index (χ3v) is 0.357. The largest absolute Gasteiger partial charge is 1.00 e. The number of aliphatic carboxylic acids is 1. The Morgan fingerprint density at radius 3 is 0.500 bits per heavy atom. The van der Waals surface area contributed by atoms with E-state index in [1.54, 1.807) is 0 Å². The number of aliphatic hydroxyl groups is 1. The molecule has 34 heavy (non-hydrogen) atoms. The third-order valence-electron chi connectivity index (χ3n) is 0.357. The first-order valence-corrected chi connectivity index (χ1v) is 4.38. The normalized spacial score (nSPS) is 5.59. The summed E-state index contributed by atoms with van der Waals surface area (Å²) in [4.78, 5) is 9.45. The molecule has 0 aliphatic heterocycles. The van der Waals surface area contributed by atoms with E-state index in [0.29, 0.717) is 0 Å². The predicted molar refractivity (Wildman–Crippen MR) is 42.3 cm³/mol. The van der Waals surface area contributed by atoms with Gasteiger partial charge in [-0.25, -0.2) is 4.79 Å². The average Bonchev–Trinajstić information content (AvgIpc) is 2.12. The second-order valence-corrected chi connectivity index (χ2v) is 2.17. The molecule has 1 atom stereocenters. The quantitative estimate of drug-likeness (QED) is 0.380. The maximum atomic E-state index is 9.45. The van der Waals surface area contributed by atoms with E-state index < -0.39 is 41.4 Å². The van der Waals surface area contributed by atoms with Crippen molar-refractivity contribution in [2.45, 2.75) is 13.0 Å². The summed E-state index contributed by atoms with van der Waals surface area (Å²) in [6.07, 6.45) is -1.23. The first-order chi connectivity index (χ1) is 9.57. The molecule has 15 nitrogen and oxygen atoms in total. The zero-order chi connectivity index (χ0) is 19.5. The zero-order valence-electron chi connectivity index (χ0n) is 22.6. The van der Waals surface area contributed by atoms with Crippen molar-refractivity contribution in [2.75, 3.05) is 0 Å². The summed E-state index contributed by atoms with van der Waals surface area (Å²) < 4.78 is 0. The number of aliphatic hydroxyl groups excluding tert-OH is 1. The third kappa shape index (κ3) is 498. The van der Waals surface area contributed by atoms with E-state index in [1.165, 1.54) is 6.92 Å². The molecule has 0 aliphatic rings. The Kier molecular flexibility index (Phi) is 329. The SMILES string of the molecule is CC(O)C(=O)O.[Li+].[Li+].[Li+].[Li+].[Li+].[Li+].[Li+].[Li+].[Li+].[Li+].[Li+].[Li+].[O-]B([O-])[O-].[O-]B([O-])[O-].[O-]B([O-])[O-].[O-]B([O-])[O-]. The van der Waals surface area contributed by atoms with Gasteiger partial charge < -0.3 is 70.5 Å². The first-order valence-electron chi connectivity index (χ1n) is 4.38. The van der Waals surface area contributed by atoms with E-state index in [4.69, 9.17) is 70.5 Å². The molecule has 0 aromatic carbocycles. The molecular formula is C3H6B4Li12O15. The minimum Gasteiger partial charge on any atom is -0.907 e. The molecule has 0 saturated heterocycles. The van der Waals surface area contributed by atoms with Crippen LogP contribution in [0.3, 0.4) is 0 Å². The summed E-state index contributed by atoms with van der Waals surface area (Å²) in [6.45, 7) is 1.20. The molecule has 0 aromatic rings. The Morgan fingerprint density at radius 2 is 0.500 bits per heavy atom. The summed E-state index contributed by atoms with van der Waals surface area (Å²) in [6, 6.07) is 0. The molecule has 132 valence electrons. The van der Waals surface area contributed by atoms with Gasteiger partial charge in [-0.3, -0.25) is 29.3 Å². The van der Waals surface area contributed by atoms with Gasteiger partial charge in [-0.1, -0.05) is 0 Å². The summed E-state index contributed by atoms with van der Waals surface area (Å²) in [7, 11) is -11.7. The van der Waals surface area contributed by atoms with Crippen LogP contribution in [0.15, 0.2) is 0 Å². The fourth-order valence-corrected chi connectivity index (χ4v) is 0. The van der Waals surface area contributed by atoms with Crippen LogP contribution < -0.4 is 287 Å². The van der Waals surface area contributed by atoms with E-state index in [2.05, 4.69) is 0 Å². The summed E-state index contributed by atoms with van der Waals surface area (Å²) in [5, 5.41) is 117. The van der Waals surface area contributed by atoms with Gasteiger partial charge in [-0.2, -0.15) is 0 Å². The van der Waals surface area contributed by atoms with E-state index >= 15 is 0 Å². The molecule has 0 heterocycles. The fourth-order valence-electron chi connectivity index (χ4n) is 0. The van der Waals surface area contributed by atoms with Crippen molar-refractivity contribution in [3.05, 3.63) is 0 Å². The number of hydrogen-bond acceptors (Lipinski definition) is 14. The minimum absolute atomic E-state index is 0. The number of carboxylic acids is 1. The maximum Gasteiger partial charge on any atom is 1.00 e. The van der Waals surface area contributed by atoms with Crippen molar-refractivity contribution < 1.29 is 302 Å². The van der Waals surface area contributed by atoms with Crippen LogP contribution in [0.1, 0.15) is 6.92 Å². The first kappa shape index (κ1) is 115. The number of hydrogen-bond donors (Lipinski definition) is 2. The van der Waals surface area contributed by atoms with Crippen molar-refractivity contribution in [1.82, 2.24) is 0 Å². The molecule has 0 fully saturated rings. The second kappa shape index (κ2) is 97.6. The fraction of sp³-hybridized carbons (Fsp3) is 0.667. The Morgan fingerprint density at radius 1 is 0.471 bits per heavy atom. The van der Waals surface area contributed by atoms with Crippen LogP contribution in [-0.2, 0) is 4.79 Å². The van der Waals surface area contributed by atoms with Gasteiger partial charge in [0.1, 0.15) is 6.10 Å². The standard InChI is InChI=1S/C3H6O3.4BO3.12Li/c1-2(4)3(5)6;4*2-1(3)4;;;;;;;;;;;;/h2,4H,1H3,(H,5,6);;;;;;;;;;;;;;;;/q;4*-3;12*+1. The Balaban J connectivity index is -0.00000000656. The van der Waals surface area contributed by atoms with Crippen LogP contribution in [0.5, 0.6) is 0 Å². The second-order valence-electron chi connectivity index (χ2n) is 2.17. The predicted octanol–water partition coefficient (Wildman–Crippen LogP) is -52.3. The van der Waals surface area contributed by atoms with Gasteiger partial charge in [-0.05, 0) is 6.92 Å². The number of rotatable bonds is 1. The van der Waals surface area contributed by atoms with Gasteiger partial charge in [-0.15, -0.1) is 0 Å². The maximum absolute atomic E-state index is 9.45. The van der Waals surface area contributed by atoms with E-state index in [0.717, 1.165) is 0 Å². The summed E-state index contributed by atoms with van der Waals surface area (Å²) in [5.74, 6) is -1.19. The smallest absolute Gasteiger partial charge is 0.907 e. The van der Waals surface area contributed by atoms with Crippen molar-refractivity contribution >= 4 is 35.3 Å². The van der Waals surface area contributed by atoms with E-state index in [1.807, 2.05) is 0 Å². The van der Waals surface area contributed by atoms with Gasteiger partial charge >= 0.3 is 232 Å². The molecule has 0 radical (unpaired) electrons. The van der Waals surface area contributed by atoms with Crippen LogP contribution in [-0.4, -0.2) is 51.6 Å². The van der Waals surface area contributed by atoms with Gasteiger partial charge in [0.15, 0.2) is 0 Å². The van der Waals surface area contributed by atoms with Crippen molar-refractivity contribution in [3.63, 3.8) is 0 Å². The molecule has 31 heteroatoms. The number of carboxylic acid groups (broad SMARTS) is 1. The average molecular weight is 409 g/mol. The van der Waals surface area contributed by atoms with E-state index in [9.17, 15) is 4.79 Å². The molecule has 0 amide bonds. The molecule has 0 saturated carbocycles. The van der Waals surface area contributed by atoms with Gasteiger partial charge in [0.2, 0.25) is 0 Å². The monoisotopic (exact) mass is 410 g/mol. The van der Waals surface area contributed by atoms with E-state index in [-0.39, 0.29) is 226 Å². The molecule has 1 unspecified atom stereocenters. The van der Waals surface area contributed by atoms with Gasteiger partial charge in [0.25, 0.3) is 0 Å². The topological polar surface area (TPSA) is 334 Å². The zero-order valence-corrected chi connectivity index (χ0v) is 22.6. The van der Waals surface area contributed by atoms with Crippen molar-refractivity contribution in [3.8, 4) is 0 Å².